The van der Waals surface area contributed by atoms with Crippen LogP contribution in [0, 0.1) is 0 Å². The molecular weight excluding hydrogens is 354 g/mol. The second-order valence-corrected chi connectivity index (χ2v) is 6.83. The van der Waals surface area contributed by atoms with Gasteiger partial charge in [-0.3, -0.25) is 15.0 Å². The molecule has 26 heavy (non-hydrogen) atoms. The van der Waals surface area contributed by atoms with Crippen LogP contribution in [0.4, 0.5) is 0 Å². The average molecular weight is 367 g/mol. The first-order valence-corrected chi connectivity index (χ1v) is 8.85. The number of H-pyrrole nitrogens is 2. The number of amides is 1. The number of nitrogens with zero attached hydrogens (tertiary/aromatic N) is 7. The molecule has 4 aromatic rings. The van der Waals surface area contributed by atoms with Gasteiger partial charge in [0.25, 0.3) is 5.91 Å². The van der Waals surface area contributed by atoms with Gasteiger partial charge >= 0.3 is 0 Å². The second kappa shape index (κ2) is 5.88. The number of hydrogen-bond donors (Lipinski definition) is 2. The van der Waals surface area contributed by atoms with Crippen molar-refractivity contribution in [3.05, 3.63) is 46.9 Å². The Morgan fingerprint density at radius 1 is 1.27 bits per heavy atom. The van der Waals surface area contributed by atoms with Crippen molar-refractivity contribution in [2.75, 3.05) is 6.54 Å². The molecule has 0 atom stereocenters. The van der Waals surface area contributed by atoms with E-state index in [1.165, 1.54) is 11.0 Å². The standard InChI is InChI=1S/C15H13N9OS/c25-15(11-6-13(19-18-11)24-8-16-21-22-24)23-4-3-10-9(7-23)14(20-17-10)12-2-1-5-26-12/h1-2,5-6,8H,3-4,7H2,(H,17,20)(H,18,19). The van der Waals surface area contributed by atoms with Crippen LogP contribution in [0.1, 0.15) is 21.7 Å². The van der Waals surface area contributed by atoms with E-state index in [9.17, 15) is 4.79 Å². The quantitative estimate of drug-likeness (QED) is 0.558. The maximum Gasteiger partial charge on any atom is 0.272 e. The number of tetrazole rings is 1. The molecule has 0 fully saturated rings. The average Bonchev–Trinajstić information content (AvgIpc) is 3.47. The molecule has 0 spiro atoms. The molecule has 0 saturated carbocycles. The van der Waals surface area contributed by atoms with Crippen LogP contribution in [0.3, 0.4) is 0 Å². The molecule has 5 rings (SSSR count). The molecule has 0 aromatic carbocycles. The predicted octanol–water partition coefficient (Wildman–Crippen LogP) is 1.04. The van der Waals surface area contributed by atoms with Gasteiger partial charge in [-0.15, -0.1) is 16.4 Å². The molecule has 10 nitrogen and oxygen atoms in total. The summed E-state index contributed by atoms with van der Waals surface area (Å²) in [6.45, 7) is 1.13. The van der Waals surface area contributed by atoms with Crippen molar-refractivity contribution >= 4 is 17.2 Å². The molecule has 1 aliphatic heterocycles. The topological polar surface area (TPSA) is 121 Å². The van der Waals surface area contributed by atoms with Crippen LogP contribution in [0.5, 0.6) is 0 Å². The van der Waals surface area contributed by atoms with Crippen LogP contribution in [0.25, 0.3) is 16.4 Å². The maximum absolute atomic E-state index is 12.9. The molecule has 0 radical (unpaired) electrons. The Kier molecular flexibility index (Phi) is 3.38. The zero-order valence-electron chi connectivity index (χ0n) is 13.5. The van der Waals surface area contributed by atoms with Gasteiger partial charge in [-0.1, -0.05) is 6.07 Å². The first-order chi connectivity index (χ1) is 12.8. The summed E-state index contributed by atoms with van der Waals surface area (Å²) in [4.78, 5) is 15.8. The Balaban J connectivity index is 1.41. The number of nitrogens with one attached hydrogen (secondary N) is 2. The largest absolute Gasteiger partial charge is 0.332 e. The molecule has 11 heteroatoms. The summed E-state index contributed by atoms with van der Waals surface area (Å²) >= 11 is 1.64. The lowest BCUT2D eigenvalue weighted by atomic mass is 10.0. The highest BCUT2D eigenvalue weighted by Gasteiger charge is 2.27. The van der Waals surface area contributed by atoms with E-state index in [1.807, 2.05) is 17.5 Å². The van der Waals surface area contributed by atoms with Crippen molar-refractivity contribution in [3.63, 3.8) is 0 Å². The number of aromatic nitrogens is 8. The Labute approximate surface area is 150 Å². The maximum atomic E-state index is 12.9. The van der Waals surface area contributed by atoms with Crippen LogP contribution < -0.4 is 0 Å². The fraction of sp³-hybridized carbons (Fsp3) is 0.200. The molecule has 0 unspecified atom stereocenters. The minimum absolute atomic E-state index is 0.110. The van der Waals surface area contributed by atoms with Crippen LogP contribution in [-0.4, -0.2) is 58.0 Å². The summed E-state index contributed by atoms with van der Waals surface area (Å²) in [5.74, 6) is 0.361. The van der Waals surface area contributed by atoms with E-state index in [0.29, 0.717) is 24.6 Å². The van der Waals surface area contributed by atoms with Gasteiger partial charge in [0.2, 0.25) is 0 Å². The Bertz CT molecular complexity index is 1050. The van der Waals surface area contributed by atoms with Crippen molar-refractivity contribution in [1.82, 2.24) is 45.5 Å². The SMILES string of the molecule is O=C(c1cc(-n2cnnn2)n[nH]1)N1CCc2[nH]nc(-c3cccs3)c2C1. The van der Waals surface area contributed by atoms with E-state index in [4.69, 9.17) is 0 Å². The van der Waals surface area contributed by atoms with E-state index in [2.05, 4.69) is 35.9 Å². The normalized spacial score (nSPS) is 13.8. The van der Waals surface area contributed by atoms with E-state index in [1.54, 1.807) is 22.3 Å². The van der Waals surface area contributed by atoms with Gasteiger partial charge in [0.1, 0.15) is 17.7 Å². The van der Waals surface area contributed by atoms with Crippen molar-refractivity contribution in [1.29, 1.82) is 0 Å². The molecule has 4 aromatic heterocycles. The molecule has 5 heterocycles. The molecule has 1 amide bonds. The number of fused-ring (bicyclic) bond motifs is 1. The number of thiophene rings is 1. The number of hydrogen-bond acceptors (Lipinski definition) is 7. The lowest BCUT2D eigenvalue weighted by Crippen LogP contribution is -2.36. The molecule has 2 N–H and O–H groups in total. The third-order valence-electron chi connectivity index (χ3n) is 4.35. The molecule has 0 aliphatic carbocycles. The van der Waals surface area contributed by atoms with Crippen LogP contribution in [-0.2, 0) is 13.0 Å². The van der Waals surface area contributed by atoms with Gasteiger partial charge in [-0.05, 0) is 21.9 Å². The van der Waals surface area contributed by atoms with Crippen LogP contribution in [0.2, 0.25) is 0 Å². The van der Waals surface area contributed by atoms with Gasteiger partial charge < -0.3 is 4.90 Å². The van der Waals surface area contributed by atoms with Crippen molar-refractivity contribution < 1.29 is 4.79 Å². The lowest BCUT2D eigenvalue weighted by Gasteiger charge is -2.26. The van der Waals surface area contributed by atoms with Gasteiger partial charge in [0.15, 0.2) is 5.82 Å². The van der Waals surface area contributed by atoms with E-state index in [-0.39, 0.29) is 5.91 Å². The van der Waals surface area contributed by atoms with Gasteiger partial charge in [-0.2, -0.15) is 14.9 Å². The number of carbonyl (C=O) groups excluding carboxylic acids is 1. The van der Waals surface area contributed by atoms with Gasteiger partial charge in [0, 0.05) is 30.3 Å². The number of aromatic amines is 2. The summed E-state index contributed by atoms with van der Waals surface area (Å²) in [5, 5.41) is 27.4. The first kappa shape index (κ1) is 15.0. The minimum Gasteiger partial charge on any atom is -0.332 e. The summed E-state index contributed by atoms with van der Waals surface area (Å²) in [5.41, 5.74) is 3.50. The molecular formula is C15H13N9OS. The smallest absolute Gasteiger partial charge is 0.272 e. The fourth-order valence-corrected chi connectivity index (χ4v) is 3.80. The Morgan fingerprint density at radius 2 is 2.23 bits per heavy atom. The van der Waals surface area contributed by atoms with E-state index >= 15 is 0 Å². The monoisotopic (exact) mass is 367 g/mol. The van der Waals surface area contributed by atoms with Crippen molar-refractivity contribution in [3.8, 4) is 16.4 Å². The highest BCUT2D eigenvalue weighted by atomic mass is 32.1. The Hall–Kier alpha value is -3.34. The second-order valence-electron chi connectivity index (χ2n) is 5.88. The zero-order valence-corrected chi connectivity index (χ0v) is 14.3. The number of carbonyl (C=O) groups is 1. The third-order valence-corrected chi connectivity index (χ3v) is 5.23. The molecule has 0 saturated heterocycles. The number of rotatable bonds is 3. The Morgan fingerprint density at radius 3 is 3.04 bits per heavy atom. The molecule has 1 aliphatic rings. The predicted molar refractivity (Wildman–Crippen MR) is 91.6 cm³/mol. The fourth-order valence-electron chi connectivity index (χ4n) is 3.06. The van der Waals surface area contributed by atoms with E-state index in [0.717, 1.165) is 28.2 Å². The highest BCUT2D eigenvalue weighted by Crippen LogP contribution is 2.31. The van der Waals surface area contributed by atoms with Crippen molar-refractivity contribution in [2.45, 2.75) is 13.0 Å². The highest BCUT2D eigenvalue weighted by molar-refractivity contribution is 7.13. The van der Waals surface area contributed by atoms with Crippen LogP contribution >= 0.6 is 11.3 Å². The summed E-state index contributed by atoms with van der Waals surface area (Å²) in [7, 11) is 0. The first-order valence-electron chi connectivity index (χ1n) is 7.97. The van der Waals surface area contributed by atoms with Crippen LogP contribution in [0.15, 0.2) is 29.9 Å². The molecule has 130 valence electrons. The lowest BCUT2D eigenvalue weighted by molar-refractivity contribution is 0.0728. The zero-order chi connectivity index (χ0) is 17.5. The summed E-state index contributed by atoms with van der Waals surface area (Å²) in [6.07, 6.45) is 2.17. The summed E-state index contributed by atoms with van der Waals surface area (Å²) in [6, 6.07) is 5.68. The minimum atomic E-state index is -0.110. The third kappa shape index (κ3) is 2.40. The van der Waals surface area contributed by atoms with Gasteiger partial charge in [0.05, 0.1) is 11.4 Å². The molecule has 0 bridgehead atoms. The van der Waals surface area contributed by atoms with E-state index < -0.39 is 0 Å². The van der Waals surface area contributed by atoms with Crippen molar-refractivity contribution in [2.24, 2.45) is 0 Å². The summed E-state index contributed by atoms with van der Waals surface area (Å²) < 4.78 is 1.40. The van der Waals surface area contributed by atoms with Gasteiger partial charge in [-0.25, -0.2) is 0 Å².